The molecule has 1 heterocycles. The Kier molecular flexibility index (Phi) is 4.31. The Morgan fingerprint density at radius 2 is 2.26 bits per heavy atom. The largest absolute Gasteiger partial charge is 0.366 e. The van der Waals surface area contributed by atoms with Gasteiger partial charge in [0.15, 0.2) is 0 Å². The molecule has 1 atom stereocenters. The molecule has 1 aromatic carbocycles. The lowest BCUT2D eigenvalue weighted by Crippen LogP contribution is -2.41. The van der Waals surface area contributed by atoms with Gasteiger partial charge < -0.3 is 9.80 Å². The van der Waals surface area contributed by atoms with Crippen LogP contribution in [0, 0.1) is 10.1 Å². The summed E-state index contributed by atoms with van der Waals surface area (Å²) in [6.45, 7) is 4.12. The maximum atomic E-state index is 10.8. The first kappa shape index (κ1) is 14.1. The maximum absolute atomic E-state index is 10.8. The van der Waals surface area contributed by atoms with Crippen molar-refractivity contribution in [3.63, 3.8) is 0 Å². The lowest BCUT2D eigenvalue weighted by atomic mass is 10.2. The zero-order chi connectivity index (χ0) is 14.0. The van der Waals surface area contributed by atoms with Crippen molar-refractivity contribution in [3.8, 4) is 0 Å². The van der Waals surface area contributed by atoms with Crippen LogP contribution in [0.1, 0.15) is 6.92 Å². The third kappa shape index (κ3) is 3.19. The third-order valence-corrected chi connectivity index (χ3v) is 4.55. The van der Waals surface area contributed by atoms with Gasteiger partial charge in [-0.15, -0.1) is 11.8 Å². The lowest BCUT2D eigenvalue weighted by molar-refractivity contribution is -0.385. The fourth-order valence-corrected chi connectivity index (χ4v) is 3.29. The number of benzene rings is 1. The quantitative estimate of drug-likeness (QED) is 0.627. The van der Waals surface area contributed by atoms with Crippen LogP contribution < -0.4 is 4.90 Å². The molecule has 1 aliphatic heterocycles. The molecule has 2 rings (SSSR count). The summed E-state index contributed by atoms with van der Waals surface area (Å²) in [4.78, 5) is 16.0. The van der Waals surface area contributed by atoms with Crippen LogP contribution in [0.25, 0.3) is 0 Å². The predicted molar refractivity (Wildman–Crippen MR) is 79.2 cm³/mol. The number of rotatable bonds is 4. The molecule has 0 aliphatic carbocycles. The number of nitrogens with zero attached hydrogens (tertiary/aromatic N) is 3. The number of non-ortho nitro benzene ring substituents is 1. The first-order chi connectivity index (χ1) is 8.99. The van der Waals surface area contributed by atoms with Crippen molar-refractivity contribution < 1.29 is 4.92 Å². The van der Waals surface area contributed by atoms with E-state index in [4.69, 9.17) is 0 Å². The number of likely N-dealkylation sites (N-methyl/N-ethyl adjacent to an activating group) is 1. The number of hydrogen-bond acceptors (Lipinski definition) is 5. The summed E-state index contributed by atoms with van der Waals surface area (Å²) >= 11 is 1.71. The topological polar surface area (TPSA) is 49.6 Å². The van der Waals surface area contributed by atoms with Crippen molar-refractivity contribution in [2.75, 3.05) is 37.8 Å². The normalized spacial score (nSPS) is 18.5. The molecule has 1 aromatic rings. The Morgan fingerprint density at radius 1 is 1.53 bits per heavy atom. The summed E-state index contributed by atoms with van der Waals surface area (Å²) in [6, 6.07) is 5.62. The van der Waals surface area contributed by atoms with E-state index in [1.54, 1.807) is 23.9 Å². The molecule has 0 radical (unpaired) electrons. The zero-order valence-corrected chi connectivity index (χ0v) is 12.3. The van der Waals surface area contributed by atoms with Gasteiger partial charge in [0.25, 0.3) is 5.69 Å². The van der Waals surface area contributed by atoms with Gasteiger partial charge in [0.05, 0.1) is 10.6 Å². The van der Waals surface area contributed by atoms with E-state index < -0.39 is 0 Å². The second-order valence-corrected chi connectivity index (χ2v) is 6.13. The van der Waals surface area contributed by atoms with Crippen molar-refractivity contribution in [1.29, 1.82) is 0 Å². The van der Waals surface area contributed by atoms with Crippen LogP contribution in [0.15, 0.2) is 23.1 Å². The van der Waals surface area contributed by atoms with E-state index in [1.807, 2.05) is 6.07 Å². The van der Waals surface area contributed by atoms with Gasteiger partial charge in [-0.1, -0.05) is 0 Å². The molecule has 0 amide bonds. The molecule has 0 N–H and O–H groups in total. The van der Waals surface area contributed by atoms with E-state index in [9.17, 15) is 10.1 Å². The Labute approximate surface area is 117 Å². The molecular weight excluding hydrogens is 262 g/mol. The Balaban J connectivity index is 2.26. The summed E-state index contributed by atoms with van der Waals surface area (Å²) < 4.78 is 0. The monoisotopic (exact) mass is 281 g/mol. The highest BCUT2D eigenvalue weighted by atomic mass is 32.2. The molecule has 1 unspecified atom stereocenters. The van der Waals surface area contributed by atoms with E-state index in [1.165, 1.54) is 0 Å². The van der Waals surface area contributed by atoms with Crippen LogP contribution in [-0.4, -0.2) is 48.8 Å². The molecule has 1 aliphatic rings. The standard InChI is InChI=1S/C13H19N3O2S/c1-10-9-19-13-8-11(16(17)18)4-5-12(13)15(10)7-6-14(2)3/h4-5,8,10H,6-7,9H2,1-3H3. The SMILES string of the molecule is CC1CSc2cc([N+](=O)[O-])ccc2N1CCN(C)C. The Morgan fingerprint density at radius 3 is 2.89 bits per heavy atom. The number of anilines is 1. The second-order valence-electron chi connectivity index (χ2n) is 5.07. The number of nitro benzene ring substituents is 1. The van der Waals surface area contributed by atoms with E-state index in [2.05, 4.69) is 30.8 Å². The number of hydrogen-bond donors (Lipinski definition) is 0. The fraction of sp³-hybridized carbons (Fsp3) is 0.538. The van der Waals surface area contributed by atoms with Gasteiger partial charge in [0.1, 0.15) is 0 Å². The summed E-state index contributed by atoms with van der Waals surface area (Å²) in [5, 5.41) is 10.8. The van der Waals surface area contributed by atoms with Gasteiger partial charge in [-0.3, -0.25) is 10.1 Å². The van der Waals surface area contributed by atoms with Crippen molar-refractivity contribution in [1.82, 2.24) is 4.90 Å². The first-order valence-corrected chi connectivity index (χ1v) is 7.30. The summed E-state index contributed by atoms with van der Waals surface area (Å²) in [7, 11) is 4.11. The minimum absolute atomic E-state index is 0.174. The molecule has 0 spiro atoms. The third-order valence-electron chi connectivity index (χ3n) is 3.26. The highest BCUT2D eigenvalue weighted by Gasteiger charge is 2.25. The van der Waals surface area contributed by atoms with Gasteiger partial charge in [0, 0.05) is 41.9 Å². The summed E-state index contributed by atoms with van der Waals surface area (Å²) in [6.07, 6.45) is 0. The molecular formula is C13H19N3O2S. The lowest BCUT2D eigenvalue weighted by Gasteiger charge is -2.37. The van der Waals surface area contributed by atoms with E-state index in [-0.39, 0.29) is 10.6 Å². The minimum atomic E-state index is -0.330. The minimum Gasteiger partial charge on any atom is -0.366 e. The van der Waals surface area contributed by atoms with Crippen LogP contribution in [0.3, 0.4) is 0 Å². The van der Waals surface area contributed by atoms with Crippen LogP contribution in [0.4, 0.5) is 11.4 Å². The number of nitro groups is 1. The molecule has 19 heavy (non-hydrogen) atoms. The second kappa shape index (κ2) is 5.79. The fourth-order valence-electron chi connectivity index (χ4n) is 2.16. The predicted octanol–water partition coefficient (Wildman–Crippen LogP) is 2.46. The van der Waals surface area contributed by atoms with Crippen LogP contribution in [-0.2, 0) is 0 Å². The maximum Gasteiger partial charge on any atom is 0.270 e. The van der Waals surface area contributed by atoms with Crippen molar-refractivity contribution in [2.24, 2.45) is 0 Å². The molecule has 0 aromatic heterocycles. The van der Waals surface area contributed by atoms with E-state index in [0.717, 1.165) is 29.4 Å². The average molecular weight is 281 g/mol. The zero-order valence-electron chi connectivity index (χ0n) is 11.5. The molecule has 5 nitrogen and oxygen atoms in total. The average Bonchev–Trinajstić information content (AvgIpc) is 2.36. The van der Waals surface area contributed by atoms with Gasteiger partial charge >= 0.3 is 0 Å². The summed E-state index contributed by atoms with van der Waals surface area (Å²) in [5.74, 6) is 0.974. The first-order valence-electron chi connectivity index (χ1n) is 6.31. The highest BCUT2D eigenvalue weighted by molar-refractivity contribution is 7.99. The van der Waals surface area contributed by atoms with Gasteiger partial charge in [-0.2, -0.15) is 0 Å². The number of thioether (sulfide) groups is 1. The smallest absolute Gasteiger partial charge is 0.270 e. The Hall–Kier alpha value is -1.27. The van der Waals surface area contributed by atoms with Crippen molar-refractivity contribution in [2.45, 2.75) is 17.9 Å². The molecule has 0 bridgehead atoms. The van der Waals surface area contributed by atoms with Crippen molar-refractivity contribution in [3.05, 3.63) is 28.3 Å². The Bertz CT molecular complexity index is 479. The summed E-state index contributed by atoms with van der Waals surface area (Å²) in [5.41, 5.74) is 1.30. The van der Waals surface area contributed by atoms with Crippen LogP contribution in [0.5, 0.6) is 0 Å². The number of fused-ring (bicyclic) bond motifs is 1. The van der Waals surface area contributed by atoms with Crippen LogP contribution in [0.2, 0.25) is 0 Å². The van der Waals surface area contributed by atoms with Gasteiger partial charge in [-0.25, -0.2) is 0 Å². The van der Waals surface area contributed by atoms with Crippen LogP contribution >= 0.6 is 11.8 Å². The van der Waals surface area contributed by atoms with Gasteiger partial charge in [-0.05, 0) is 27.1 Å². The van der Waals surface area contributed by atoms with E-state index >= 15 is 0 Å². The molecule has 104 valence electrons. The highest BCUT2D eigenvalue weighted by Crippen LogP contribution is 2.39. The molecule has 0 fully saturated rings. The van der Waals surface area contributed by atoms with Gasteiger partial charge in [0.2, 0.25) is 0 Å². The molecule has 6 heteroatoms. The van der Waals surface area contributed by atoms with E-state index in [0.29, 0.717) is 6.04 Å². The molecule has 0 saturated carbocycles. The molecule has 0 saturated heterocycles. The van der Waals surface area contributed by atoms with Crippen molar-refractivity contribution >= 4 is 23.1 Å².